The van der Waals surface area contributed by atoms with Gasteiger partial charge in [-0.3, -0.25) is 9.03 Å². The molecule has 152 valence electrons. The van der Waals surface area contributed by atoms with Gasteiger partial charge in [0.1, 0.15) is 0 Å². The highest BCUT2D eigenvalue weighted by atomic mass is 35.5. The molecule has 0 atom stereocenters. The molecule has 9 heteroatoms. The Labute approximate surface area is 171 Å². The molecule has 0 bridgehead atoms. The van der Waals surface area contributed by atoms with E-state index in [4.69, 9.17) is 11.6 Å². The molecule has 1 N–H and O–H groups in total. The van der Waals surface area contributed by atoms with Gasteiger partial charge in [-0.05, 0) is 80.6 Å². The van der Waals surface area contributed by atoms with Gasteiger partial charge in [-0.25, -0.2) is 16.8 Å². The van der Waals surface area contributed by atoms with E-state index in [0.717, 1.165) is 6.42 Å². The monoisotopic (exact) mass is 442 g/mol. The van der Waals surface area contributed by atoms with E-state index in [1.54, 1.807) is 45.0 Å². The van der Waals surface area contributed by atoms with Crippen molar-refractivity contribution in [3.63, 3.8) is 0 Å². The second-order valence-corrected chi connectivity index (χ2v) is 11.2. The molecular weight excluding hydrogens is 420 g/mol. The van der Waals surface area contributed by atoms with E-state index in [2.05, 4.69) is 4.72 Å². The van der Waals surface area contributed by atoms with Crippen molar-refractivity contribution in [1.82, 2.24) is 0 Å². The number of nitrogens with one attached hydrogen (secondary N) is 1. The topological polar surface area (TPSA) is 83.6 Å². The van der Waals surface area contributed by atoms with Gasteiger partial charge in [-0.15, -0.1) is 0 Å². The molecule has 28 heavy (non-hydrogen) atoms. The number of anilines is 2. The van der Waals surface area contributed by atoms with Crippen LogP contribution >= 0.6 is 11.6 Å². The van der Waals surface area contributed by atoms with Crippen LogP contribution < -0.4 is 9.03 Å². The molecule has 0 amide bonds. The van der Waals surface area contributed by atoms with Gasteiger partial charge >= 0.3 is 0 Å². The van der Waals surface area contributed by atoms with Crippen LogP contribution in [-0.2, 0) is 20.0 Å². The third kappa shape index (κ3) is 4.14. The minimum absolute atomic E-state index is 0.114. The van der Waals surface area contributed by atoms with Crippen LogP contribution in [0.4, 0.5) is 11.4 Å². The van der Waals surface area contributed by atoms with Gasteiger partial charge in [0.25, 0.3) is 10.0 Å². The van der Waals surface area contributed by atoms with E-state index in [1.165, 1.54) is 10.4 Å². The number of hydrogen-bond acceptors (Lipinski definition) is 4. The molecule has 0 spiro atoms. The average Bonchev–Trinajstić information content (AvgIpc) is 2.59. The van der Waals surface area contributed by atoms with Crippen LogP contribution in [0.3, 0.4) is 0 Å². The second-order valence-electron chi connectivity index (χ2n) is 7.06. The number of hydrogen-bond donors (Lipinski definition) is 1. The maximum Gasteiger partial charge on any atom is 0.262 e. The Bertz CT molecular complexity index is 1130. The minimum Gasteiger partial charge on any atom is -0.279 e. The SMILES string of the molecule is Cc1cc(Cl)ccc1NS(=O)(=O)c1cc(C)c(N2CCCCS2(=O)=O)cc1C. The smallest absolute Gasteiger partial charge is 0.262 e. The Kier molecular flexibility index (Phi) is 5.67. The summed E-state index contributed by atoms with van der Waals surface area (Å²) in [5.41, 5.74) is 2.79. The van der Waals surface area contributed by atoms with Crippen LogP contribution in [0.5, 0.6) is 0 Å². The molecular formula is C19H23ClN2O4S2. The summed E-state index contributed by atoms with van der Waals surface area (Å²) in [7, 11) is -7.21. The normalized spacial score (nSPS) is 16.8. The van der Waals surface area contributed by atoms with Crippen LogP contribution in [0.15, 0.2) is 35.2 Å². The van der Waals surface area contributed by atoms with Gasteiger partial charge in [0, 0.05) is 11.6 Å². The molecule has 1 fully saturated rings. The van der Waals surface area contributed by atoms with Crippen molar-refractivity contribution in [2.45, 2.75) is 38.5 Å². The summed E-state index contributed by atoms with van der Waals surface area (Å²) < 4.78 is 54.7. The molecule has 0 aromatic heterocycles. The summed E-state index contributed by atoms with van der Waals surface area (Å²) in [6.45, 7) is 5.58. The summed E-state index contributed by atoms with van der Waals surface area (Å²) >= 11 is 5.93. The van der Waals surface area contributed by atoms with Crippen LogP contribution in [0, 0.1) is 20.8 Å². The summed E-state index contributed by atoms with van der Waals surface area (Å²) in [5, 5.41) is 0.527. The summed E-state index contributed by atoms with van der Waals surface area (Å²) in [4.78, 5) is 0.123. The fraction of sp³-hybridized carbons (Fsp3) is 0.368. The molecule has 0 aliphatic carbocycles. The van der Waals surface area contributed by atoms with Gasteiger partial charge < -0.3 is 0 Å². The van der Waals surface area contributed by atoms with Crippen LogP contribution in [0.25, 0.3) is 0 Å². The van der Waals surface area contributed by atoms with Crippen molar-refractivity contribution in [3.05, 3.63) is 52.0 Å². The zero-order valence-electron chi connectivity index (χ0n) is 16.0. The molecule has 2 aromatic carbocycles. The third-order valence-electron chi connectivity index (χ3n) is 4.83. The Morgan fingerprint density at radius 3 is 2.36 bits per heavy atom. The van der Waals surface area contributed by atoms with Crippen LogP contribution in [0.1, 0.15) is 29.5 Å². The quantitative estimate of drug-likeness (QED) is 0.775. The molecule has 0 unspecified atom stereocenters. The summed E-state index contributed by atoms with van der Waals surface area (Å²) in [5.74, 6) is 0.114. The lowest BCUT2D eigenvalue weighted by atomic mass is 10.1. The number of benzene rings is 2. The maximum absolute atomic E-state index is 13.0. The van der Waals surface area contributed by atoms with Gasteiger partial charge in [0.2, 0.25) is 10.0 Å². The first kappa shape index (κ1) is 21.0. The fourth-order valence-corrected chi connectivity index (χ4v) is 6.70. The Morgan fingerprint density at radius 1 is 1.00 bits per heavy atom. The number of sulfonamides is 2. The van der Waals surface area contributed by atoms with E-state index < -0.39 is 20.0 Å². The molecule has 1 aliphatic heterocycles. The van der Waals surface area contributed by atoms with Crippen molar-refractivity contribution in [2.24, 2.45) is 0 Å². The number of nitrogens with zero attached hydrogens (tertiary/aromatic N) is 1. The highest BCUT2D eigenvalue weighted by Gasteiger charge is 2.29. The van der Waals surface area contributed by atoms with Crippen LogP contribution in [-0.4, -0.2) is 29.1 Å². The Hall–Kier alpha value is -1.77. The molecule has 3 rings (SSSR count). The van der Waals surface area contributed by atoms with E-state index in [1.807, 2.05) is 0 Å². The molecule has 0 radical (unpaired) electrons. The van der Waals surface area contributed by atoms with Gasteiger partial charge in [0.15, 0.2) is 0 Å². The first-order valence-corrected chi connectivity index (χ1v) is 12.4. The maximum atomic E-state index is 13.0. The van der Waals surface area contributed by atoms with E-state index >= 15 is 0 Å². The lowest BCUT2D eigenvalue weighted by Crippen LogP contribution is -2.38. The predicted octanol–water partition coefficient (Wildman–Crippen LogP) is 4.00. The second kappa shape index (κ2) is 7.57. The highest BCUT2D eigenvalue weighted by Crippen LogP contribution is 2.32. The third-order valence-corrected chi connectivity index (χ3v) is 8.43. The zero-order valence-corrected chi connectivity index (χ0v) is 18.4. The molecule has 2 aromatic rings. The van der Waals surface area contributed by atoms with E-state index in [9.17, 15) is 16.8 Å². The number of halogens is 1. The molecule has 0 saturated carbocycles. The predicted molar refractivity (Wildman–Crippen MR) is 113 cm³/mol. The van der Waals surface area contributed by atoms with Crippen molar-refractivity contribution in [3.8, 4) is 0 Å². The lowest BCUT2D eigenvalue weighted by molar-refractivity contribution is 0.574. The first-order chi connectivity index (χ1) is 13.0. The average molecular weight is 443 g/mol. The molecule has 1 heterocycles. The summed E-state index contributed by atoms with van der Waals surface area (Å²) in [6, 6.07) is 8.09. The lowest BCUT2D eigenvalue weighted by Gasteiger charge is -2.30. The molecule has 1 saturated heterocycles. The van der Waals surface area contributed by atoms with Crippen molar-refractivity contribution >= 4 is 43.0 Å². The van der Waals surface area contributed by atoms with E-state index in [-0.39, 0.29) is 10.6 Å². The summed E-state index contributed by atoms with van der Waals surface area (Å²) in [6.07, 6.45) is 1.43. The van der Waals surface area contributed by atoms with Gasteiger partial charge in [-0.1, -0.05) is 11.6 Å². The first-order valence-electron chi connectivity index (χ1n) is 8.92. The standard InChI is InChI=1S/C19H23ClN2O4S2/c1-13-10-16(20)6-7-17(13)21-28(25,26)19-12-14(2)18(11-15(19)3)22-8-4-5-9-27(22,23)24/h6-7,10-12,21H,4-5,8-9H2,1-3H3. The highest BCUT2D eigenvalue weighted by molar-refractivity contribution is 7.93. The largest absolute Gasteiger partial charge is 0.279 e. The zero-order chi connectivity index (χ0) is 20.7. The molecule has 6 nitrogen and oxygen atoms in total. The van der Waals surface area contributed by atoms with Crippen molar-refractivity contribution < 1.29 is 16.8 Å². The van der Waals surface area contributed by atoms with Crippen LogP contribution in [0.2, 0.25) is 5.02 Å². The Morgan fingerprint density at radius 2 is 1.71 bits per heavy atom. The van der Waals surface area contributed by atoms with Gasteiger partial charge in [0.05, 0.1) is 22.0 Å². The number of rotatable bonds is 4. The van der Waals surface area contributed by atoms with Crippen molar-refractivity contribution in [1.29, 1.82) is 0 Å². The molecule has 1 aliphatic rings. The Balaban J connectivity index is 2.00. The van der Waals surface area contributed by atoms with Gasteiger partial charge in [-0.2, -0.15) is 0 Å². The number of aryl methyl sites for hydroxylation is 3. The minimum atomic E-state index is -3.84. The van der Waals surface area contributed by atoms with E-state index in [0.29, 0.717) is 46.1 Å². The fourth-order valence-electron chi connectivity index (χ4n) is 3.33. The van der Waals surface area contributed by atoms with Crippen molar-refractivity contribution in [2.75, 3.05) is 21.3 Å².